The summed E-state index contributed by atoms with van der Waals surface area (Å²) in [5.74, 6) is 0. The summed E-state index contributed by atoms with van der Waals surface area (Å²) in [5, 5.41) is 4.20. The molecule has 0 aliphatic rings. The maximum Gasteiger partial charge on any atom is 0.346 e. The second-order valence-corrected chi connectivity index (χ2v) is 1.81. The summed E-state index contributed by atoms with van der Waals surface area (Å²) in [7, 11) is 0. The zero-order valence-electron chi connectivity index (χ0n) is 4.87. The van der Waals surface area contributed by atoms with Crippen LogP contribution in [-0.4, -0.2) is 15.1 Å². The fourth-order valence-corrected chi connectivity index (χ4v) is 0.693. The standard InChI is InChI=1S/C5H3N3O2/c9-5-6-1-3-2-10-8-4(3)7-5/h1-2H,(H,7,8,9). The van der Waals surface area contributed by atoms with Crippen LogP contribution in [0.4, 0.5) is 0 Å². The smallest absolute Gasteiger partial charge is 0.346 e. The maximum absolute atomic E-state index is 10.5. The van der Waals surface area contributed by atoms with Crippen LogP contribution in [0.15, 0.2) is 21.8 Å². The van der Waals surface area contributed by atoms with Crippen molar-refractivity contribution in [2.75, 3.05) is 0 Å². The molecule has 2 heterocycles. The average molecular weight is 137 g/mol. The van der Waals surface area contributed by atoms with Gasteiger partial charge in [0.05, 0.1) is 5.39 Å². The monoisotopic (exact) mass is 137 g/mol. The molecule has 0 aliphatic heterocycles. The minimum Gasteiger partial charge on any atom is -0.362 e. The lowest BCUT2D eigenvalue weighted by Gasteiger charge is -1.79. The Balaban J connectivity index is 2.99. The molecule has 10 heavy (non-hydrogen) atoms. The van der Waals surface area contributed by atoms with E-state index in [1.54, 1.807) is 0 Å². The Kier molecular flexibility index (Phi) is 0.858. The number of nitrogens with zero attached hydrogens (tertiary/aromatic N) is 2. The molecule has 0 saturated carbocycles. The van der Waals surface area contributed by atoms with Gasteiger partial charge in [-0.05, 0) is 0 Å². The van der Waals surface area contributed by atoms with E-state index in [4.69, 9.17) is 0 Å². The van der Waals surface area contributed by atoms with E-state index in [0.29, 0.717) is 11.0 Å². The quantitative estimate of drug-likeness (QED) is 0.550. The fourth-order valence-electron chi connectivity index (χ4n) is 0.693. The molecule has 2 aromatic heterocycles. The van der Waals surface area contributed by atoms with Crippen LogP contribution >= 0.6 is 0 Å². The third-order valence-corrected chi connectivity index (χ3v) is 1.14. The van der Waals surface area contributed by atoms with Gasteiger partial charge < -0.3 is 4.52 Å². The highest BCUT2D eigenvalue weighted by molar-refractivity contribution is 5.70. The molecular weight excluding hydrogens is 134 g/mol. The van der Waals surface area contributed by atoms with Crippen molar-refractivity contribution in [1.29, 1.82) is 0 Å². The van der Waals surface area contributed by atoms with Crippen molar-refractivity contribution in [3.63, 3.8) is 0 Å². The number of aromatic amines is 1. The van der Waals surface area contributed by atoms with Gasteiger partial charge in [-0.2, -0.15) is 0 Å². The minimum absolute atomic E-state index is 0.415. The first-order valence-electron chi connectivity index (χ1n) is 2.66. The first-order valence-corrected chi connectivity index (χ1v) is 2.66. The third kappa shape index (κ3) is 0.604. The Labute approximate surface area is 54.7 Å². The lowest BCUT2D eigenvalue weighted by molar-refractivity contribution is 0.426. The van der Waals surface area contributed by atoms with Crippen molar-refractivity contribution in [2.24, 2.45) is 0 Å². The number of hydrogen-bond donors (Lipinski definition) is 1. The van der Waals surface area contributed by atoms with Crippen LogP contribution in [0, 0.1) is 0 Å². The van der Waals surface area contributed by atoms with E-state index in [-0.39, 0.29) is 0 Å². The molecule has 0 aromatic carbocycles. The number of nitrogens with one attached hydrogen (secondary N) is 1. The molecule has 2 aromatic rings. The average Bonchev–Trinajstić information content (AvgIpc) is 2.33. The van der Waals surface area contributed by atoms with Crippen LogP contribution in [0.1, 0.15) is 0 Å². The lowest BCUT2D eigenvalue weighted by Crippen LogP contribution is -2.07. The van der Waals surface area contributed by atoms with Gasteiger partial charge in [-0.15, -0.1) is 0 Å². The summed E-state index contributed by atoms with van der Waals surface area (Å²) in [6, 6.07) is 0. The second kappa shape index (κ2) is 1.66. The Morgan fingerprint density at radius 2 is 2.50 bits per heavy atom. The summed E-state index contributed by atoms with van der Waals surface area (Å²) >= 11 is 0. The van der Waals surface area contributed by atoms with Crippen LogP contribution < -0.4 is 5.69 Å². The number of rotatable bonds is 0. The van der Waals surface area contributed by atoms with Crippen LogP contribution in [0.2, 0.25) is 0 Å². The molecule has 5 nitrogen and oxygen atoms in total. The molecule has 0 radical (unpaired) electrons. The van der Waals surface area contributed by atoms with E-state index >= 15 is 0 Å². The van der Waals surface area contributed by atoms with Gasteiger partial charge in [0.25, 0.3) is 0 Å². The van der Waals surface area contributed by atoms with Gasteiger partial charge in [0, 0.05) is 6.20 Å². The van der Waals surface area contributed by atoms with Crippen molar-refractivity contribution in [3.05, 3.63) is 22.9 Å². The van der Waals surface area contributed by atoms with E-state index in [9.17, 15) is 4.79 Å². The molecule has 0 spiro atoms. The second-order valence-electron chi connectivity index (χ2n) is 1.81. The third-order valence-electron chi connectivity index (χ3n) is 1.14. The molecule has 2 rings (SSSR count). The van der Waals surface area contributed by atoms with E-state index in [2.05, 4.69) is 19.6 Å². The lowest BCUT2D eigenvalue weighted by atomic mass is 10.5. The van der Waals surface area contributed by atoms with Crippen molar-refractivity contribution < 1.29 is 4.52 Å². The normalized spacial score (nSPS) is 10.4. The van der Waals surface area contributed by atoms with Crippen molar-refractivity contribution in [3.8, 4) is 0 Å². The van der Waals surface area contributed by atoms with Gasteiger partial charge in [0.2, 0.25) is 0 Å². The molecule has 1 N–H and O–H groups in total. The Morgan fingerprint density at radius 3 is 3.40 bits per heavy atom. The van der Waals surface area contributed by atoms with E-state index in [0.717, 1.165) is 0 Å². The van der Waals surface area contributed by atoms with Crippen molar-refractivity contribution in [1.82, 2.24) is 15.1 Å². The summed E-state index contributed by atoms with van der Waals surface area (Å²) in [6.45, 7) is 0. The zero-order chi connectivity index (χ0) is 6.97. The topological polar surface area (TPSA) is 71.8 Å². The Bertz CT molecular complexity index is 402. The minimum atomic E-state index is -0.415. The van der Waals surface area contributed by atoms with E-state index in [1.165, 1.54) is 12.5 Å². The predicted octanol–water partition coefficient (Wildman–Crippen LogP) is -0.0889. The van der Waals surface area contributed by atoms with Gasteiger partial charge >= 0.3 is 5.69 Å². The van der Waals surface area contributed by atoms with Crippen LogP contribution in [-0.2, 0) is 0 Å². The molecule has 0 amide bonds. The Hall–Kier alpha value is -1.65. The number of aromatic nitrogens is 3. The van der Waals surface area contributed by atoms with Gasteiger partial charge in [-0.1, -0.05) is 5.16 Å². The number of fused-ring (bicyclic) bond motifs is 1. The summed E-state index contributed by atoms with van der Waals surface area (Å²) in [6.07, 6.45) is 2.82. The fraction of sp³-hybridized carbons (Fsp3) is 0. The predicted molar refractivity (Wildman–Crippen MR) is 32.4 cm³/mol. The molecular formula is C5H3N3O2. The van der Waals surface area contributed by atoms with Crippen LogP contribution in [0.3, 0.4) is 0 Å². The van der Waals surface area contributed by atoms with E-state index in [1.807, 2.05) is 0 Å². The first-order chi connectivity index (χ1) is 4.86. The van der Waals surface area contributed by atoms with Gasteiger partial charge in [-0.25, -0.2) is 9.78 Å². The van der Waals surface area contributed by atoms with Crippen molar-refractivity contribution >= 4 is 11.0 Å². The molecule has 0 bridgehead atoms. The molecule has 0 fully saturated rings. The van der Waals surface area contributed by atoms with Gasteiger partial charge in [0.15, 0.2) is 5.65 Å². The summed E-state index contributed by atoms with van der Waals surface area (Å²) in [5.41, 5.74) is 0.0152. The molecule has 0 saturated heterocycles. The maximum atomic E-state index is 10.5. The highest BCUT2D eigenvalue weighted by atomic mass is 16.5. The number of hydrogen-bond acceptors (Lipinski definition) is 4. The molecule has 50 valence electrons. The van der Waals surface area contributed by atoms with Gasteiger partial charge in [-0.3, -0.25) is 4.98 Å². The zero-order valence-corrected chi connectivity index (χ0v) is 4.87. The SMILES string of the molecule is O=c1ncc2conc2[nH]1. The van der Waals surface area contributed by atoms with Crippen molar-refractivity contribution in [2.45, 2.75) is 0 Å². The summed E-state index contributed by atoms with van der Waals surface area (Å²) in [4.78, 5) is 16.4. The highest BCUT2D eigenvalue weighted by Gasteiger charge is 1.96. The van der Waals surface area contributed by atoms with E-state index < -0.39 is 5.69 Å². The first kappa shape index (κ1) is 5.16. The molecule has 0 unspecified atom stereocenters. The van der Waals surface area contributed by atoms with Crippen LogP contribution in [0.25, 0.3) is 11.0 Å². The molecule has 0 aliphatic carbocycles. The summed E-state index contributed by atoms with van der Waals surface area (Å²) < 4.78 is 4.56. The number of H-pyrrole nitrogens is 1. The van der Waals surface area contributed by atoms with Crippen LogP contribution in [0.5, 0.6) is 0 Å². The highest BCUT2D eigenvalue weighted by Crippen LogP contribution is 2.02. The molecule has 5 heteroatoms. The van der Waals surface area contributed by atoms with Gasteiger partial charge in [0.1, 0.15) is 6.26 Å². The molecule has 0 atom stereocenters. The largest absolute Gasteiger partial charge is 0.362 e. The Morgan fingerprint density at radius 1 is 1.60 bits per heavy atom.